The van der Waals surface area contributed by atoms with Crippen LogP contribution < -0.4 is 0 Å². The highest BCUT2D eigenvalue weighted by Gasteiger charge is 2.53. The van der Waals surface area contributed by atoms with E-state index in [2.05, 4.69) is 0 Å². The highest BCUT2D eigenvalue weighted by Crippen LogP contribution is 2.35. The number of hydrogen-bond acceptors (Lipinski definition) is 29. The SMILES string of the molecule is CC(C)CC1OC2OC(CCO)/C(O)=C(/O)C(O)OC(CCO)/C(O)=C(/O)C(O)OC3C(CO)OC(OC4C(CO)OC(OC(CCO)/C(O)=C(/O)C(O)OC1C(O)C2O)C(O)C4O)C(O)C3O. The molecule has 0 aromatic rings. The lowest BCUT2D eigenvalue weighted by Gasteiger charge is -2.47. The highest BCUT2D eigenvalue weighted by atomic mass is 16.8. The monoisotopic (exact) mass is 998 g/mol. The minimum Gasteiger partial charge on any atom is -0.506 e. The maximum Gasteiger partial charge on any atom is 0.218 e. The Balaban J connectivity index is 1.80. The Labute approximate surface area is 386 Å². The lowest BCUT2D eigenvalue weighted by atomic mass is 9.92. The quantitative estimate of drug-likeness (QED) is 0.0968. The summed E-state index contributed by atoms with van der Waals surface area (Å²) in [6.07, 6.45) is -45.7. The molecule has 3 saturated heterocycles. The Morgan fingerprint density at radius 3 is 0.985 bits per heavy atom. The molecule has 8 aliphatic rings. The molecule has 29 heteroatoms. The number of ether oxygens (including phenoxy) is 9. The average molecular weight is 999 g/mol. The predicted molar refractivity (Wildman–Crippen MR) is 215 cm³/mol. The third-order valence-electron chi connectivity index (χ3n) is 11.3. The lowest BCUT2D eigenvalue weighted by molar-refractivity contribution is -0.368. The van der Waals surface area contributed by atoms with Gasteiger partial charge in [-0.2, -0.15) is 0 Å². The molecule has 6 bridgehead atoms. The Morgan fingerprint density at radius 2 is 0.647 bits per heavy atom. The number of hydrogen-bond donors (Lipinski definition) is 20. The largest absolute Gasteiger partial charge is 0.506 e. The van der Waals surface area contributed by atoms with E-state index in [1.54, 1.807) is 13.8 Å². The summed E-state index contributed by atoms with van der Waals surface area (Å²) in [4.78, 5) is 0. The first kappa shape index (κ1) is 57.7. The molecule has 0 aromatic heterocycles. The zero-order valence-electron chi connectivity index (χ0n) is 36.7. The third-order valence-corrected chi connectivity index (χ3v) is 11.3. The molecule has 0 saturated carbocycles. The molecular weight excluding hydrogens is 932 g/mol. The number of rotatable bonds is 10. The van der Waals surface area contributed by atoms with Gasteiger partial charge in [0, 0.05) is 39.1 Å². The molecule has 8 rings (SSSR count). The first-order valence-corrected chi connectivity index (χ1v) is 21.5. The van der Waals surface area contributed by atoms with Gasteiger partial charge >= 0.3 is 0 Å². The molecule has 3 fully saturated rings. The van der Waals surface area contributed by atoms with Crippen LogP contribution in [0.5, 0.6) is 0 Å². The topological polar surface area (TPSA) is 488 Å². The number of fused-ring (bicyclic) bond motifs is 1. The van der Waals surface area contributed by atoms with E-state index in [0.717, 1.165) is 0 Å². The molecule has 0 spiro atoms. The van der Waals surface area contributed by atoms with Gasteiger partial charge in [0.2, 0.25) is 18.9 Å². The summed E-state index contributed by atoms with van der Waals surface area (Å²) < 4.78 is 49.6. The summed E-state index contributed by atoms with van der Waals surface area (Å²) >= 11 is 0. The molecule has 20 N–H and O–H groups in total. The van der Waals surface area contributed by atoms with Crippen LogP contribution >= 0.6 is 0 Å². The molecule has 0 amide bonds. The van der Waals surface area contributed by atoms with E-state index in [-0.39, 0.29) is 12.3 Å². The number of aliphatic hydroxyl groups is 20. The second-order valence-electron chi connectivity index (χ2n) is 16.6. The molecule has 0 radical (unpaired) electrons. The molecule has 0 aliphatic carbocycles. The second kappa shape index (κ2) is 26.0. The van der Waals surface area contributed by atoms with Crippen LogP contribution in [0.3, 0.4) is 0 Å². The van der Waals surface area contributed by atoms with E-state index in [1.165, 1.54) is 0 Å². The van der Waals surface area contributed by atoms with E-state index < -0.39 is 216 Å². The van der Waals surface area contributed by atoms with Crippen molar-refractivity contribution in [3.05, 3.63) is 34.6 Å². The zero-order valence-corrected chi connectivity index (χ0v) is 36.7. The van der Waals surface area contributed by atoms with Crippen LogP contribution in [0.25, 0.3) is 0 Å². The Morgan fingerprint density at radius 1 is 0.353 bits per heavy atom. The van der Waals surface area contributed by atoms with E-state index in [9.17, 15) is 102 Å². The average Bonchev–Trinajstić information content (AvgIpc) is 3.30. The Hall–Kier alpha value is -2.90. The van der Waals surface area contributed by atoms with Gasteiger partial charge in [0.1, 0.15) is 85.5 Å². The molecule has 21 unspecified atom stereocenters. The van der Waals surface area contributed by atoms with Gasteiger partial charge in [0.15, 0.2) is 53.4 Å². The molecule has 68 heavy (non-hydrogen) atoms. The van der Waals surface area contributed by atoms with Gasteiger partial charge in [-0.05, 0) is 12.3 Å². The fourth-order valence-corrected chi connectivity index (χ4v) is 7.67. The molecule has 29 nitrogen and oxygen atoms in total. The Bertz CT molecular complexity index is 1640. The van der Waals surface area contributed by atoms with Crippen LogP contribution in [0.15, 0.2) is 34.6 Å². The van der Waals surface area contributed by atoms with Crippen molar-refractivity contribution in [3.63, 3.8) is 0 Å². The van der Waals surface area contributed by atoms with Gasteiger partial charge in [-0.1, -0.05) is 13.8 Å². The maximum absolute atomic E-state index is 11.3. The zero-order chi connectivity index (χ0) is 50.9. The Kier molecular flexibility index (Phi) is 22.0. The smallest absolute Gasteiger partial charge is 0.218 e. The van der Waals surface area contributed by atoms with Crippen molar-refractivity contribution in [2.45, 2.75) is 169 Å². The molecule has 8 heterocycles. The lowest BCUT2D eigenvalue weighted by Crippen LogP contribution is -2.65. The first-order valence-electron chi connectivity index (χ1n) is 21.5. The van der Waals surface area contributed by atoms with Crippen molar-refractivity contribution >= 4 is 0 Å². The third kappa shape index (κ3) is 13.5. The molecule has 8 aliphatic heterocycles. The standard InChI is InChI=1S/C39H66O29/c1-12(2)9-16-31-22(48)28(54)37(63-16)61-14(4-7-41)20(46)25(51)34(57)60-13(3-6-40)19(45)26(52)36(59)67-32-17(10-43)65-39(30(56)23(32)49)68-33-18(11-44)64-38(29(55)24(33)50)62-15(5-8-42)21(47)27(53)35(58)66-31/h12-18,22-24,28-59H,3-11H2,1-2H3/b25-20-,26-19-,27-21-. The fraction of sp³-hybridized carbons (Fsp3) is 0.846. The van der Waals surface area contributed by atoms with E-state index in [1.807, 2.05) is 0 Å². The molecule has 396 valence electrons. The van der Waals surface area contributed by atoms with Crippen molar-refractivity contribution in [3.8, 4) is 0 Å². The normalized spacial score (nSPS) is 45.8. The van der Waals surface area contributed by atoms with Gasteiger partial charge in [-0.15, -0.1) is 0 Å². The summed E-state index contributed by atoms with van der Waals surface area (Å²) in [5, 5.41) is 214. The van der Waals surface area contributed by atoms with E-state index in [0.29, 0.717) is 0 Å². The summed E-state index contributed by atoms with van der Waals surface area (Å²) in [5.41, 5.74) is 0. The maximum atomic E-state index is 11.3. The number of aliphatic hydroxyl groups excluding tert-OH is 20. The second-order valence-corrected chi connectivity index (χ2v) is 16.6. The fourth-order valence-electron chi connectivity index (χ4n) is 7.67. The van der Waals surface area contributed by atoms with Crippen molar-refractivity contribution < 1.29 is 145 Å². The highest BCUT2D eigenvalue weighted by molar-refractivity contribution is 5.12. The van der Waals surface area contributed by atoms with Crippen molar-refractivity contribution in [2.24, 2.45) is 5.92 Å². The van der Waals surface area contributed by atoms with E-state index >= 15 is 0 Å². The van der Waals surface area contributed by atoms with Crippen LogP contribution in [-0.2, 0) is 42.6 Å². The van der Waals surface area contributed by atoms with Crippen molar-refractivity contribution in [2.75, 3.05) is 33.0 Å². The van der Waals surface area contributed by atoms with Gasteiger partial charge in [-0.3, -0.25) is 0 Å². The minimum atomic E-state index is -2.70. The summed E-state index contributed by atoms with van der Waals surface area (Å²) in [7, 11) is 0. The summed E-state index contributed by atoms with van der Waals surface area (Å²) in [6.45, 7) is -1.28. The van der Waals surface area contributed by atoms with Crippen LogP contribution in [0.1, 0.15) is 39.5 Å². The summed E-state index contributed by atoms with van der Waals surface area (Å²) in [6, 6.07) is 0. The summed E-state index contributed by atoms with van der Waals surface area (Å²) in [5.74, 6) is -8.71. The van der Waals surface area contributed by atoms with Gasteiger partial charge in [-0.25, -0.2) is 0 Å². The molecular formula is C39H66O29. The first-order chi connectivity index (χ1) is 32.1. The molecule has 21 atom stereocenters. The van der Waals surface area contributed by atoms with Crippen molar-refractivity contribution in [1.82, 2.24) is 0 Å². The van der Waals surface area contributed by atoms with Crippen LogP contribution in [-0.4, -0.2) is 264 Å². The van der Waals surface area contributed by atoms with Crippen LogP contribution in [0.2, 0.25) is 0 Å². The van der Waals surface area contributed by atoms with Crippen LogP contribution in [0, 0.1) is 5.92 Å². The van der Waals surface area contributed by atoms with Gasteiger partial charge in [0.05, 0.1) is 19.3 Å². The van der Waals surface area contributed by atoms with Crippen LogP contribution in [0.4, 0.5) is 0 Å². The molecule has 0 aromatic carbocycles. The van der Waals surface area contributed by atoms with Crippen molar-refractivity contribution in [1.29, 1.82) is 0 Å². The minimum absolute atomic E-state index is 0.0566. The van der Waals surface area contributed by atoms with E-state index in [4.69, 9.17) is 42.6 Å². The predicted octanol–water partition coefficient (Wildman–Crippen LogP) is -6.23. The van der Waals surface area contributed by atoms with Gasteiger partial charge < -0.3 is 145 Å². The van der Waals surface area contributed by atoms with Gasteiger partial charge in [0.25, 0.3) is 0 Å².